The molecule has 0 aliphatic carbocycles. The molecule has 1 aromatic heterocycles. The molecule has 0 saturated heterocycles. The number of hydrogen-bond donors (Lipinski definition) is 1. The van der Waals surface area contributed by atoms with Crippen LogP contribution in [0, 0.1) is 21.0 Å². The van der Waals surface area contributed by atoms with E-state index in [9.17, 15) is 13.2 Å². The summed E-state index contributed by atoms with van der Waals surface area (Å²) in [6.07, 6.45) is 1.88. The van der Waals surface area contributed by atoms with Gasteiger partial charge in [-0.2, -0.15) is 0 Å². The van der Waals surface area contributed by atoms with Crippen molar-refractivity contribution in [3.05, 3.63) is 39.5 Å². The molecule has 1 heterocycles. The topological polar surface area (TPSA) is 51.8 Å². The maximum atomic E-state index is 13.4. The Hall–Kier alpha value is -1.38. The van der Waals surface area contributed by atoms with Crippen LogP contribution in [0.15, 0.2) is 18.5 Å². The molecule has 7 heteroatoms. The number of benzene rings is 1. The van der Waals surface area contributed by atoms with Gasteiger partial charge < -0.3 is 5.73 Å². The summed E-state index contributed by atoms with van der Waals surface area (Å²) >= 11 is 1.62. The first kappa shape index (κ1) is 12.1. The van der Waals surface area contributed by atoms with Crippen LogP contribution in [0.2, 0.25) is 0 Å². The fraction of sp³-hybridized carbons (Fsp3) is 0. The Morgan fingerprint density at radius 2 is 1.65 bits per heavy atom. The molecule has 2 rings (SSSR count). The molecule has 0 fully saturated rings. The summed E-state index contributed by atoms with van der Waals surface area (Å²) in [5.74, 6) is -2.70. The Labute approximate surface area is 108 Å². The van der Waals surface area contributed by atoms with Crippen LogP contribution in [0.5, 0.6) is 0 Å². The minimum Gasteiger partial charge on any atom is -0.396 e. The lowest BCUT2D eigenvalue weighted by atomic mass is 10.1. The van der Waals surface area contributed by atoms with E-state index in [-0.39, 0.29) is 20.6 Å². The molecule has 2 N–H and O–H groups in total. The highest BCUT2D eigenvalue weighted by atomic mass is 127. The minimum absolute atomic E-state index is 0.000841. The van der Waals surface area contributed by atoms with Crippen molar-refractivity contribution >= 4 is 28.3 Å². The normalized spacial score (nSPS) is 10.6. The van der Waals surface area contributed by atoms with Gasteiger partial charge in [0.05, 0.1) is 21.7 Å². The first-order chi connectivity index (χ1) is 8.00. The van der Waals surface area contributed by atoms with Crippen molar-refractivity contribution in [2.45, 2.75) is 0 Å². The fourth-order valence-corrected chi connectivity index (χ4v) is 1.87. The van der Waals surface area contributed by atoms with Gasteiger partial charge >= 0.3 is 0 Å². The highest BCUT2D eigenvalue weighted by Gasteiger charge is 2.17. The van der Waals surface area contributed by atoms with Crippen molar-refractivity contribution in [1.29, 1.82) is 0 Å². The van der Waals surface area contributed by atoms with Gasteiger partial charge in [0.2, 0.25) is 0 Å². The van der Waals surface area contributed by atoms with Gasteiger partial charge in [-0.3, -0.25) is 0 Å². The summed E-state index contributed by atoms with van der Waals surface area (Å²) in [5, 5.41) is 0. The molecular formula is C10H5F3IN3. The molecule has 0 bridgehead atoms. The number of nitrogens with two attached hydrogens (primary N) is 1. The van der Waals surface area contributed by atoms with Gasteiger partial charge in [-0.25, -0.2) is 23.1 Å². The predicted octanol–water partition coefficient (Wildman–Crippen LogP) is 2.75. The zero-order valence-corrected chi connectivity index (χ0v) is 10.4. The maximum Gasteiger partial charge on any atom is 0.182 e. The van der Waals surface area contributed by atoms with Gasteiger partial charge in [0, 0.05) is 5.56 Å². The van der Waals surface area contributed by atoms with E-state index in [4.69, 9.17) is 5.73 Å². The third-order valence-corrected chi connectivity index (χ3v) is 3.09. The van der Waals surface area contributed by atoms with Gasteiger partial charge in [0.15, 0.2) is 23.3 Å². The zero-order valence-electron chi connectivity index (χ0n) is 8.22. The fourth-order valence-electron chi connectivity index (χ4n) is 1.24. The van der Waals surface area contributed by atoms with Gasteiger partial charge in [0.25, 0.3) is 0 Å². The second-order valence-electron chi connectivity index (χ2n) is 3.18. The third-order valence-electron chi connectivity index (χ3n) is 2.04. The lowest BCUT2D eigenvalue weighted by Gasteiger charge is -2.07. The van der Waals surface area contributed by atoms with E-state index in [1.54, 1.807) is 22.6 Å². The Kier molecular flexibility index (Phi) is 3.18. The summed E-state index contributed by atoms with van der Waals surface area (Å²) in [7, 11) is 0. The van der Waals surface area contributed by atoms with Crippen LogP contribution < -0.4 is 5.73 Å². The summed E-state index contributed by atoms with van der Waals surface area (Å²) in [4.78, 5) is 7.37. The Morgan fingerprint density at radius 3 is 2.24 bits per heavy atom. The van der Waals surface area contributed by atoms with Crippen LogP contribution in [0.25, 0.3) is 11.4 Å². The van der Waals surface area contributed by atoms with Crippen molar-refractivity contribution in [3.63, 3.8) is 0 Å². The monoisotopic (exact) mass is 351 g/mol. The molecule has 0 unspecified atom stereocenters. The second kappa shape index (κ2) is 4.47. The molecule has 17 heavy (non-hydrogen) atoms. The molecule has 0 saturated carbocycles. The molecule has 3 nitrogen and oxygen atoms in total. The molecule has 0 amide bonds. The largest absolute Gasteiger partial charge is 0.396 e. The average Bonchev–Trinajstić information content (AvgIpc) is 2.32. The molecule has 0 spiro atoms. The summed E-state index contributed by atoms with van der Waals surface area (Å²) in [6, 6.07) is 1.22. The summed E-state index contributed by atoms with van der Waals surface area (Å²) < 4.78 is 39.2. The first-order valence-electron chi connectivity index (χ1n) is 4.41. The average molecular weight is 351 g/mol. The van der Waals surface area contributed by atoms with E-state index in [1.807, 2.05) is 0 Å². The second-order valence-corrected chi connectivity index (χ2v) is 4.26. The quantitative estimate of drug-likeness (QED) is 0.488. The van der Waals surface area contributed by atoms with E-state index < -0.39 is 17.5 Å². The third kappa shape index (κ3) is 2.19. The van der Waals surface area contributed by atoms with Crippen LogP contribution in [0.3, 0.4) is 0 Å². The van der Waals surface area contributed by atoms with Gasteiger partial charge in [-0.05, 0) is 28.7 Å². The minimum atomic E-state index is -1.11. The molecule has 1 aromatic carbocycles. The van der Waals surface area contributed by atoms with E-state index >= 15 is 0 Å². The number of aromatic nitrogens is 2. The molecule has 0 aliphatic heterocycles. The highest BCUT2D eigenvalue weighted by molar-refractivity contribution is 14.1. The number of nitrogens with zero attached hydrogens (tertiary/aromatic N) is 2. The van der Waals surface area contributed by atoms with Crippen molar-refractivity contribution in [2.75, 3.05) is 5.73 Å². The smallest absolute Gasteiger partial charge is 0.182 e. The molecule has 0 aliphatic rings. The van der Waals surface area contributed by atoms with Crippen molar-refractivity contribution in [2.24, 2.45) is 0 Å². The van der Waals surface area contributed by atoms with Crippen LogP contribution >= 0.6 is 22.6 Å². The maximum absolute atomic E-state index is 13.4. The number of halogens is 4. The summed E-state index contributed by atoms with van der Waals surface area (Å²) in [6.45, 7) is 0. The van der Waals surface area contributed by atoms with Crippen molar-refractivity contribution < 1.29 is 13.2 Å². The number of anilines is 1. The van der Waals surface area contributed by atoms with Crippen LogP contribution in [-0.2, 0) is 0 Å². The summed E-state index contributed by atoms with van der Waals surface area (Å²) in [5.41, 5.74) is 5.19. The molecule has 88 valence electrons. The Balaban J connectivity index is 2.64. The first-order valence-corrected chi connectivity index (χ1v) is 5.49. The Morgan fingerprint density at radius 1 is 1.06 bits per heavy atom. The number of hydrogen-bond acceptors (Lipinski definition) is 3. The highest BCUT2D eigenvalue weighted by Crippen LogP contribution is 2.29. The van der Waals surface area contributed by atoms with E-state index in [0.717, 1.165) is 12.4 Å². The standard InChI is InChI=1S/C10H5F3IN3/c11-4-2-16-10(17-3-4)5-1-6(15)7(12)8(13)9(5)14/h1-3H,15H2. The van der Waals surface area contributed by atoms with Crippen LogP contribution in [0.4, 0.5) is 18.9 Å². The van der Waals surface area contributed by atoms with Gasteiger partial charge in [-0.15, -0.1) is 0 Å². The van der Waals surface area contributed by atoms with E-state index in [2.05, 4.69) is 9.97 Å². The van der Waals surface area contributed by atoms with Gasteiger partial charge in [-0.1, -0.05) is 0 Å². The molecule has 0 atom stereocenters. The Bertz CT molecular complexity index is 572. The lowest BCUT2D eigenvalue weighted by Crippen LogP contribution is -2.01. The number of rotatable bonds is 1. The van der Waals surface area contributed by atoms with Gasteiger partial charge in [0.1, 0.15) is 0 Å². The lowest BCUT2D eigenvalue weighted by molar-refractivity contribution is 0.507. The predicted molar refractivity (Wildman–Crippen MR) is 64.5 cm³/mol. The van der Waals surface area contributed by atoms with Crippen LogP contribution in [0.1, 0.15) is 0 Å². The van der Waals surface area contributed by atoms with Crippen molar-refractivity contribution in [3.8, 4) is 11.4 Å². The van der Waals surface area contributed by atoms with E-state index in [0.29, 0.717) is 0 Å². The molecule has 0 radical (unpaired) electrons. The SMILES string of the molecule is Nc1cc(-c2ncc(F)cn2)c(I)c(F)c1F. The van der Waals surface area contributed by atoms with Crippen LogP contribution in [-0.4, -0.2) is 9.97 Å². The van der Waals surface area contributed by atoms with E-state index in [1.165, 1.54) is 6.07 Å². The molecule has 2 aromatic rings. The zero-order chi connectivity index (χ0) is 12.6. The number of nitrogen functional groups attached to an aromatic ring is 1. The van der Waals surface area contributed by atoms with Crippen molar-refractivity contribution in [1.82, 2.24) is 9.97 Å². The molecular weight excluding hydrogens is 346 g/mol.